The number of fused-ring (bicyclic) bond motifs is 4. The third-order valence-corrected chi connectivity index (χ3v) is 5.51. The van der Waals surface area contributed by atoms with Crippen LogP contribution in [0.25, 0.3) is 32.3 Å². The summed E-state index contributed by atoms with van der Waals surface area (Å²) in [5.74, 6) is 0. The molecule has 112 valence electrons. The lowest BCUT2D eigenvalue weighted by atomic mass is 9.81. The molecule has 3 nitrogen and oxygen atoms in total. The lowest BCUT2D eigenvalue weighted by Crippen LogP contribution is -2.29. The third-order valence-electron chi connectivity index (χ3n) is 5.51. The van der Waals surface area contributed by atoms with Crippen LogP contribution >= 0.6 is 0 Å². The van der Waals surface area contributed by atoms with Crippen LogP contribution in [0, 0.1) is 0 Å². The SMILES string of the molecule is O[C@H]1[C@H]2O[C@@H]2c2c(cc3ccc4cccc5ccc2c3c45)[C@H]1O. The fourth-order valence-electron chi connectivity index (χ4n) is 4.40. The van der Waals surface area contributed by atoms with Gasteiger partial charge in [-0.15, -0.1) is 0 Å². The van der Waals surface area contributed by atoms with Crippen LogP contribution < -0.4 is 0 Å². The second-order valence-corrected chi connectivity index (χ2v) is 6.69. The maximum Gasteiger partial charge on any atom is 0.118 e. The summed E-state index contributed by atoms with van der Waals surface area (Å²) in [6.07, 6.45) is -2.07. The molecule has 4 aromatic carbocycles. The average Bonchev–Trinajstić information content (AvgIpc) is 3.37. The molecule has 0 unspecified atom stereocenters. The molecule has 1 aliphatic carbocycles. The van der Waals surface area contributed by atoms with E-state index < -0.39 is 12.2 Å². The van der Waals surface area contributed by atoms with Gasteiger partial charge in [0.15, 0.2) is 0 Å². The van der Waals surface area contributed by atoms with Gasteiger partial charge < -0.3 is 14.9 Å². The largest absolute Gasteiger partial charge is 0.387 e. The topological polar surface area (TPSA) is 53.0 Å². The summed E-state index contributed by atoms with van der Waals surface area (Å²) in [4.78, 5) is 0. The van der Waals surface area contributed by atoms with E-state index in [2.05, 4.69) is 42.5 Å². The highest BCUT2D eigenvalue weighted by Crippen LogP contribution is 2.54. The van der Waals surface area contributed by atoms with E-state index in [9.17, 15) is 10.2 Å². The predicted octanol–water partition coefficient (Wildman–Crippen LogP) is 3.43. The number of epoxide rings is 1. The molecule has 0 bridgehead atoms. The molecule has 1 fully saturated rings. The molecule has 0 aromatic heterocycles. The van der Waals surface area contributed by atoms with Crippen molar-refractivity contribution >= 4 is 32.3 Å². The molecule has 2 aliphatic rings. The van der Waals surface area contributed by atoms with Gasteiger partial charge in [-0.25, -0.2) is 0 Å². The predicted molar refractivity (Wildman–Crippen MR) is 88.7 cm³/mol. The molecule has 3 heteroatoms. The van der Waals surface area contributed by atoms with Gasteiger partial charge in [0, 0.05) is 0 Å². The Hall–Kier alpha value is -2.20. The quantitative estimate of drug-likeness (QED) is 0.386. The fraction of sp³-hybridized carbons (Fsp3) is 0.200. The maximum atomic E-state index is 10.5. The van der Waals surface area contributed by atoms with Gasteiger partial charge in [0.1, 0.15) is 24.4 Å². The van der Waals surface area contributed by atoms with Gasteiger partial charge in [0.25, 0.3) is 0 Å². The number of ether oxygens (including phenoxy) is 1. The Morgan fingerprint density at radius 1 is 0.826 bits per heavy atom. The second kappa shape index (κ2) is 3.82. The van der Waals surface area contributed by atoms with Crippen LogP contribution in [0.15, 0.2) is 48.5 Å². The van der Waals surface area contributed by atoms with Gasteiger partial charge in [-0.1, -0.05) is 42.5 Å². The van der Waals surface area contributed by atoms with E-state index >= 15 is 0 Å². The first-order valence-electron chi connectivity index (χ1n) is 7.96. The number of aliphatic hydroxyl groups is 2. The Morgan fingerprint density at radius 3 is 2.39 bits per heavy atom. The van der Waals surface area contributed by atoms with Gasteiger partial charge in [0.05, 0.1) is 0 Å². The average molecular weight is 302 g/mol. The van der Waals surface area contributed by atoms with Crippen molar-refractivity contribution in [1.29, 1.82) is 0 Å². The van der Waals surface area contributed by atoms with E-state index in [-0.39, 0.29) is 12.2 Å². The van der Waals surface area contributed by atoms with Crippen LogP contribution in [0.1, 0.15) is 23.3 Å². The maximum absolute atomic E-state index is 10.5. The van der Waals surface area contributed by atoms with Crippen LogP contribution in [0.2, 0.25) is 0 Å². The van der Waals surface area contributed by atoms with Crippen molar-refractivity contribution in [3.8, 4) is 0 Å². The Labute approximate surface area is 132 Å². The summed E-state index contributed by atoms with van der Waals surface area (Å²) in [5.41, 5.74) is 1.86. The van der Waals surface area contributed by atoms with Crippen LogP contribution in [0.3, 0.4) is 0 Å². The van der Waals surface area contributed by atoms with Gasteiger partial charge in [-0.2, -0.15) is 0 Å². The van der Waals surface area contributed by atoms with Crippen LogP contribution in [-0.4, -0.2) is 22.4 Å². The van der Waals surface area contributed by atoms with Gasteiger partial charge in [-0.3, -0.25) is 0 Å². The monoisotopic (exact) mass is 302 g/mol. The van der Waals surface area contributed by atoms with E-state index in [4.69, 9.17) is 4.74 Å². The number of aliphatic hydroxyl groups excluding tert-OH is 2. The van der Waals surface area contributed by atoms with Gasteiger partial charge in [0.2, 0.25) is 0 Å². The summed E-state index contributed by atoms with van der Waals surface area (Å²) < 4.78 is 5.67. The number of hydrogen-bond donors (Lipinski definition) is 2. The molecule has 1 heterocycles. The highest BCUT2D eigenvalue weighted by molar-refractivity contribution is 6.23. The van der Waals surface area contributed by atoms with E-state index in [0.29, 0.717) is 0 Å². The smallest absolute Gasteiger partial charge is 0.118 e. The molecule has 4 atom stereocenters. The Balaban J connectivity index is 1.86. The minimum Gasteiger partial charge on any atom is -0.387 e. The second-order valence-electron chi connectivity index (χ2n) is 6.69. The highest BCUT2D eigenvalue weighted by Gasteiger charge is 2.54. The molecular weight excluding hydrogens is 288 g/mol. The van der Waals surface area contributed by atoms with Crippen molar-refractivity contribution in [1.82, 2.24) is 0 Å². The normalized spacial score (nSPS) is 29.1. The van der Waals surface area contributed by atoms with Crippen LogP contribution in [-0.2, 0) is 4.74 Å². The first-order chi connectivity index (χ1) is 11.2. The van der Waals surface area contributed by atoms with Crippen molar-refractivity contribution < 1.29 is 14.9 Å². The summed E-state index contributed by atoms with van der Waals surface area (Å²) in [6.45, 7) is 0. The zero-order chi connectivity index (χ0) is 15.3. The molecule has 1 aliphatic heterocycles. The molecule has 4 aromatic rings. The molecule has 0 radical (unpaired) electrons. The molecule has 0 spiro atoms. The molecular formula is C20H14O3. The molecule has 0 amide bonds. The summed E-state index contributed by atoms with van der Waals surface area (Å²) in [7, 11) is 0. The third kappa shape index (κ3) is 1.36. The number of benzene rings is 4. The zero-order valence-electron chi connectivity index (χ0n) is 12.2. The standard InChI is InChI=1S/C20H14O3/c21-17-13-8-11-5-4-9-2-1-3-10-6-7-12(15(11)14(9)10)16(13)19-20(23-19)18(17)22/h1-8,17-22H/t17-,18-,19-,20-/m1/s1. The van der Waals surface area contributed by atoms with Crippen molar-refractivity contribution in [3.63, 3.8) is 0 Å². The van der Waals surface area contributed by atoms with E-state index in [1.54, 1.807) is 0 Å². The molecule has 23 heavy (non-hydrogen) atoms. The van der Waals surface area contributed by atoms with Crippen molar-refractivity contribution in [2.75, 3.05) is 0 Å². The van der Waals surface area contributed by atoms with E-state index in [1.807, 2.05) is 6.07 Å². The first-order valence-corrected chi connectivity index (χ1v) is 7.96. The molecule has 2 N–H and O–H groups in total. The summed E-state index contributed by atoms with van der Waals surface area (Å²) >= 11 is 0. The zero-order valence-corrected chi connectivity index (χ0v) is 12.2. The van der Waals surface area contributed by atoms with Gasteiger partial charge in [-0.05, 0) is 49.5 Å². The fourth-order valence-corrected chi connectivity index (χ4v) is 4.40. The van der Waals surface area contributed by atoms with Crippen molar-refractivity contribution in [2.24, 2.45) is 0 Å². The number of rotatable bonds is 0. The van der Waals surface area contributed by atoms with Crippen LogP contribution in [0.5, 0.6) is 0 Å². The Bertz CT molecular complexity index is 1080. The minimum absolute atomic E-state index is 0.0898. The lowest BCUT2D eigenvalue weighted by molar-refractivity contribution is 0.000163. The Kier molecular flexibility index (Phi) is 2.03. The Morgan fingerprint density at radius 2 is 1.57 bits per heavy atom. The molecule has 6 rings (SSSR count). The first kappa shape index (κ1) is 12.3. The molecule has 0 saturated carbocycles. The van der Waals surface area contributed by atoms with Crippen LogP contribution in [0.4, 0.5) is 0 Å². The summed E-state index contributed by atoms with van der Waals surface area (Å²) in [5, 5.41) is 27.8. The number of hydrogen-bond acceptors (Lipinski definition) is 3. The van der Waals surface area contributed by atoms with Crippen molar-refractivity contribution in [2.45, 2.75) is 24.4 Å². The van der Waals surface area contributed by atoms with Crippen molar-refractivity contribution in [3.05, 3.63) is 59.7 Å². The van der Waals surface area contributed by atoms with Gasteiger partial charge >= 0.3 is 0 Å². The summed E-state index contributed by atoms with van der Waals surface area (Å²) in [6, 6.07) is 16.9. The lowest BCUT2D eigenvalue weighted by Gasteiger charge is -2.25. The highest BCUT2D eigenvalue weighted by atomic mass is 16.6. The van der Waals surface area contributed by atoms with E-state index in [0.717, 1.165) is 21.9 Å². The van der Waals surface area contributed by atoms with E-state index in [1.165, 1.54) is 21.5 Å². The molecule has 1 saturated heterocycles. The minimum atomic E-state index is -0.879.